The number of esters is 1. The molecule has 0 radical (unpaired) electrons. The maximum absolute atomic E-state index is 12.5. The molecule has 0 aromatic carbocycles. The predicted molar refractivity (Wildman–Crippen MR) is 292 cm³/mol. The molecule has 396 valence electrons. The van der Waals surface area contributed by atoms with Crippen molar-refractivity contribution in [3.8, 4) is 0 Å². The molecule has 1 amide bonds. The van der Waals surface area contributed by atoms with E-state index in [-0.39, 0.29) is 18.5 Å². The Morgan fingerprint density at radius 1 is 0.418 bits per heavy atom. The summed E-state index contributed by atoms with van der Waals surface area (Å²) < 4.78 is 5.48. The van der Waals surface area contributed by atoms with E-state index in [9.17, 15) is 19.8 Å². The van der Waals surface area contributed by atoms with E-state index in [4.69, 9.17) is 4.74 Å². The summed E-state index contributed by atoms with van der Waals surface area (Å²) in [5.41, 5.74) is 0. The van der Waals surface area contributed by atoms with Crippen molar-refractivity contribution in [2.45, 2.75) is 341 Å². The highest BCUT2D eigenvalue weighted by Crippen LogP contribution is 2.18. The van der Waals surface area contributed by atoms with E-state index >= 15 is 0 Å². The summed E-state index contributed by atoms with van der Waals surface area (Å²) in [5, 5.41) is 23.3. The van der Waals surface area contributed by atoms with Gasteiger partial charge in [0.15, 0.2) is 0 Å². The number of amides is 1. The van der Waals surface area contributed by atoms with E-state index in [1.807, 2.05) is 0 Å². The van der Waals surface area contributed by atoms with Gasteiger partial charge >= 0.3 is 5.97 Å². The van der Waals surface area contributed by atoms with Crippen molar-refractivity contribution < 1.29 is 24.5 Å². The van der Waals surface area contributed by atoms with Gasteiger partial charge in [0.05, 0.1) is 25.4 Å². The number of aliphatic hydroxyl groups is 2. The maximum Gasteiger partial charge on any atom is 0.305 e. The van der Waals surface area contributed by atoms with Gasteiger partial charge in [-0.2, -0.15) is 0 Å². The average Bonchev–Trinajstić information content (AvgIpc) is 3.33. The van der Waals surface area contributed by atoms with E-state index in [0.29, 0.717) is 25.9 Å². The summed E-state index contributed by atoms with van der Waals surface area (Å²) in [6.07, 6.45) is 68.8. The minimum absolute atomic E-state index is 0.0200. The van der Waals surface area contributed by atoms with E-state index < -0.39 is 12.1 Å². The molecule has 2 atom stereocenters. The second kappa shape index (κ2) is 56.9. The van der Waals surface area contributed by atoms with Gasteiger partial charge in [0, 0.05) is 12.8 Å². The smallest absolute Gasteiger partial charge is 0.305 e. The van der Waals surface area contributed by atoms with Crippen molar-refractivity contribution in [3.63, 3.8) is 0 Å². The molecule has 0 rings (SSSR count). The molecule has 3 N–H and O–H groups in total. The summed E-state index contributed by atoms with van der Waals surface area (Å²) in [5.74, 6) is -0.0712. The molecule has 6 heteroatoms. The first-order chi connectivity index (χ1) is 33.0. The fourth-order valence-electron chi connectivity index (χ4n) is 9.38. The van der Waals surface area contributed by atoms with Crippen molar-refractivity contribution in [1.29, 1.82) is 0 Å². The molecule has 0 spiro atoms. The molecule has 0 aliphatic rings. The van der Waals surface area contributed by atoms with E-state index in [1.165, 1.54) is 231 Å². The molecule has 6 nitrogen and oxygen atoms in total. The summed E-state index contributed by atoms with van der Waals surface area (Å²) in [6.45, 7) is 4.91. The summed E-state index contributed by atoms with van der Waals surface area (Å²) in [6, 6.07) is -0.557. The van der Waals surface area contributed by atoms with Gasteiger partial charge in [-0.15, -0.1) is 0 Å². The van der Waals surface area contributed by atoms with Gasteiger partial charge in [0.25, 0.3) is 0 Å². The molecule has 0 saturated carbocycles. The van der Waals surface area contributed by atoms with Gasteiger partial charge in [0.1, 0.15) is 0 Å². The molecule has 0 bridgehead atoms. The summed E-state index contributed by atoms with van der Waals surface area (Å²) in [4.78, 5) is 24.6. The highest BCUT2D eigenvalue weighted by atomic mass is 16.5. The third-order valence-corrected chi connectivity index (χ3v) is 14.0. The van der Waals surface area contributed by atoms with Crippen molar-refractivity contribution in [3.05, 3.63) is 24.3 Å². The number of rotatable bonds is 56. The number of ether oxygens (including phenoxy) is 1. The van der Waals surface area contributed by atoms with Gasteiger partial charge in [-0.25, -0.2) is 0 Å². The normalized spacial score (nSPS) is 12.7. The van der Waals surface area contributed by atoms with Crippen LogP contribution >= 0.6 is 0 Å². The van der Waals surface area contributed by atoms with Gasteiger partial charge in [-0.3, -0.25) is 9.59 Å². The van der Waals surface area contributed by atoms with E-state index in [0.717, 1.165) is 64.2 Å². The molecule has 0 fully saturated rings. The zero-order valence-electron chi connectivity index (χ0n) is 45.1. The summed E-state index contributed by atoms with van der Waals surface area (Å²) in [7, 11) is 0. The Morgan fingerprint density at radius 2 is 0.746 bits per heavy atom. The molecule has 0 aliphatic carbocycles. The maximum atomic E-state index is 12.5. The van der Waals surface area contributed by atoms with Crippen LogP contribution in [0.25, 0.3) is 0 Å². The number of hydrogen-bond acceptors (Lipinski definition) is 5. The SMILES string of the molecule is CCCCCC/C=C\C/C=C\CCCCCCCCCC(=O)OCCCCCCCCCCCCCC(=O)NC(CO)C(O)CCCCCCCCCCCCCCCCCCCCCCC. The fourth-order valence-corrected chi connectivity index (χ4v) is 9.38. The zero-order chi connectivity index (χ0) is 48.6. The summed E-state index contributed by atoms with van der Waals surface area (Å²) >= 11 is 0. The minimum Gasteiger partial charge on any atom is -0.466 e. The minimum atomic E-state index is -0.678. The van der Waals surface area contributed by atoms with Crippen LogP contribution in [0.15, 0.2) is 24.3 Å². The lowest BCUT2D eigenvalue weighted by atomic mass is 10.0. The Kier molecular flexibility index (Phi) is 55.5. The molecule has 0 aromatic heterocycles. The second-order valence-electron chi connectivity index (χ2n) is 20.7. The first-order valence-corrected chi connectivity index (χ1v) is 30.1. The Labute approximate surface area is 418 Å². The number of unbranched alkanes of at least 4 members (excludes halogenated alkanes) is 41. The lowest BCUT2D eigenvalue weighted by molar-refractivity contribution is -0.143. The Bertz CT molecular complexity index is 1040. The van der Waals surface area contributed by atoms with Crippen molar-refractivity contribution >= 4 is 11.9 Å². The zero-order valence-corrected chi connectivity index (χ0v) is 45.1. The largest absolute Gasteiger partial charge is 0.466 e. The van der Waals surface area contributed by atoms with Gasteiger partial charge in [-0.1, -0.05) is 282 Å². The van der Waals surface area contributed by atoms with Crippen LogP contribution in [0.5, 0.6) is 0 Å². The first kappa shape index (κ1) is 65.3. The van der Waals surface area contributed by atoms with Gasteiger partial charge < -0.3 is 20.3 Å². The first-order valence-electron chi connectivity index (χ1n) is 30.1. The topological polar surface area (TPSA) is 95.9 Å². The Morgan fingerprint density at radius 3 is 1.15 bits per heavy atom. The van der Waals surface area contributed by atoms with Crippen LogP contribution in [0.3, 0.4) is 0 Å². The number of nitrogens with one attached hydrogen (secondary N) is 1. The second-order valence-corrected chi connectivity index (χ2v) is 20.7. The highest BCUT2D eigenvalue weighted by molar-refractivity contribution is 5.76. The monoisotopic (exact) mass is 944 g/mol. The molecule has 0 aliphatic heterocycles. The third-order valence-electron chi connectivity index (χ3n) is 14.0. The quantitative estimate of drug-likeness (QED) is 0.0321. The van der Waals surface area contributed by atoms with Crippen LogP contribution in [0.1, 0.15) is 328 Å². The Balaban J connectivity index is 3.46. The predicted octanol–water partition coefficient (Wildman–Crippen LogP) is 18.6. The van der Waals surface area contributed by atoms with Crippen molar-refractivity contribution in [1.82, 2.24) is 5.32 Å². The van der Waals surface area contributed by atoms with Crippen LogP contribution in [0.4, 0.5) is 0 Å². The van der Waals surface area contributed by atoms with Crippen LogP contribution in [0, 0.1) is 0 Å². The number of hydrogen-bond donors (Lipinski definition) is 3. The molecule has 2 unspecified atom stereocenters. The highest BCUT2D eigenvalue weighted by Gasteiger charge is 2.20. The number of carbonyl (C=O) groups excluding carboxylic acids is 2. The van der Waals surface area contributed by atoms with E-state index in [1.54, 1.807) is 0 Å². The van der Waals surface area contributed by atoms with Crippen LogP contribution < -0.4 is 5.32 Å². The number of allylic oxidation sites excluding steroid dienone is 4. The van der Waals surface area contributed by atoms with Gasteiger partial charge in [0.2, 0.25) is 5.91 Å². The molecular weight excluding hydrogens is 827 g/mol. The van der Waals surface area contributed by atoms with Crippen molar-refractivity contribution in [2.75, 3.05) is 13.2 Å². The third kappa shape index (κ3) is 53.5. The van der Waals surface area contributed by atoms with Crippen LogP contribution in [0.2, 0.25) is 0 Å². The molecule has 0 aromatic rings. The lowest BCUT2D eigenvalue weighted by Gasteiger charge is -2.22. The fraction of sp³-hybridized carbons (Fsp3) is 0.902. The molecule has 0 heterocycles. The van der Waals surface area contributed by atoms with Crippen LogP contribution in [-0.2, 0) is 14.3 Å². The van der Waals surface area contributed by atoms with Crippen molar-refractivity contribution in [2.24, 2.45) is 0 Å². The van der Waals surface area contributed by atoms with Crippen LogP contribution in [-0.4, -0.2) is 47.4 Å². The molecule has 67 heavy (non-hydrogen) atoms. The lowest BCUT2D eigenvalue weighted by Crippen LogP contribution is -2.45. The average molecular weight is 945 g/mol. The standard InChI is InChI=1S/C61H117NO5/c1-3-5-7-9-11-13-15-17-19-21-23-24-25-26-28-30-33-37-41-45-49-53-59(64)58(57-63)62-60(65)54-50-46-42-38-34-32-36-40-44-48-52-56-67-61(66)55-51-47-43-39-35-31-29-27-22-20-18-16-14-12-10-8-6-4-2/h14,16,20,22,58-59,63-64H,3-13,15,17-19,21,23-57H2,1-2H3,(H,62,65)/b16-14-,22-20-. The number of carbonyl (C=O) groups is 2. The van der Waals surface area contributed by atoms with Gasteiger partial charge in [-0.05, 0) is 57.8 Å². The number of aliphatic hydroxyl groups excluding tert-OH is 2. The molecule has 0 saturated heterocycles. The van der Waals surface area contributed by atoms with E-state index in [2.05, 4.69) is 43.5 Å². The molecular formula is C61H117NO5. The Hall–Kier alpha value is -1.66.